The van der Waals surface area contributed by atoms with Gasteiger partial charge in [-0.15, -0.1) is 0 Å². The van der Waals surface area contributed by atoms with Crippen molar-refractivity contribution in [3.05, 3.63) is 0 Å². The molecule has 0 aromatic rings. The standard InChI is InChI=1S/C17H30N2O2S/c1-2-22-16-6-5-14(11-16)18-17(20)19-9-7-15(8-10-19)21-12-13-3-4-13/h13-16H,2-12H2,1H3,(H,18,20). The molecule has 3 aliphatic rings. The molecule has 2 saturated carbocycles. The number of hydrogen-bond acceptors (Lipinski definition) is 3. The van der Waals surface area contributed by atoms with Crippen molar-refractivity contribution in [1.82, 2.24) is 10.2 Å². The first-order valence-electron chi connectivity index (χ1n) is 9.03. The maximum Gasteiger partial charge on any atom is 0.317 e. The molecule has 1 aliphatic heterocycles. The van der Waals surface area contributed by atoms with Gasteiger partial charge in [-0.2, -0.15) is 11.8 Å². The van der Waals surface area contributed by atoms with Crippen LogP contribution in [0.25, 0.3) is 0 Å². The van der Waals surface area contributed by atoms with E-state index in [0.717, 1.165) is 56.5 Å². The van der Waals surface area contributed by atoms with Crippen molar-refractivity contribution in [2.45, 2.75) is 69.3 Å². The van der Waals surface area contributed by atoms with Crippen molar-refractivity contribution in [1.29, 1.82) is 0 Å². The van der Waals surface area contributed by atoms with Crippen LogP contribution in [0.15, 0.2) is 0 Å². The van der Waals surface area contributed by atoms with Crippen molar-refractivity contribution in [3.63, 3.8) is 0 Å². The van der Waals surface area contributed by atoms with Crippen LogP contribution in [0, 0.1) is 5.92 Å². The molecular weight excluding hydrogens is 296 g/mol. The van der Waals surface area contributed by atoms with Gasteiger partial charge in [-0.1, -0.05) is 6.92 Å². The van der Waals surface area contributed by atoms with Gasteiger partial charge < -0.3 is 15.0 Å². The number of nitrogens with zero attached hydrogens (tertiary/aromatic N) is 1. The quantitative estimate of drug-likeness (QED) is 0.814. The second-order valence-electron chi connectivity index (χ2n) is 7.00. The highest BCUT2D eigenvalue weighted by molar-refractivity contribution is 7.99. The number of rotatable bonds is 6. The van der Waals surface area contributed by atoms with Gasteiger partial charge in [0.2, 0.25) is 0 Å². The van der Waals surface area contributed by atoms with Crippen LogP contribution in [-0.4, -0.2) is 53.8 Å². The Balaban J connectivity index is 1.33. The Morgan fingerprint density at radius 2 is 1.95 bits per heavy atom. The SMILES string of the molecule is CCSC1CCC(NC(=O)N2CCC(OCC3CC3)CC2)C1. The van der Waals surface area contributed by atoms with Crippen LogP contribution in [0.1, 0.15) is 51.9 Å². The van der Waals surface area contributed by atoms with Crippen molar-refractivity contribution >= 4 is 17.8 Å². The van der Waals surface area contributed by atoms with E-state index in [2.05, 4.69) is 12.2 Å². The van der Waals surface area contributed by atoms with Crippen LogP contribution >= 0.6 is 11.8 Å². The maximum atomic E-state index is 12.4. The first-order chi connectivity index (χ1) is 10.7. The van der Waals surface area contributed by atoms with E-state index in [0.29, 0.717) is 12.1 Å². The van der Waals surface area contributed by atoms with Crippen LogP contribution in [-0.2, 0) is 4.74 Å². The van der Waals surface area contributed by atoms with Gasteiger partial charge in [-0.25, -0.2) is 4.79 Å². The molecule has 1 saturated heterocycles. The molecule has 22 heavy (non-hydrogen) atoms. The fourth-order valence-corrected chi connectivity index (χ4v) is 4.65. The van der Waals surface area contributed by atoms with Gasteiger partial charge in [-0.3, -0.25) is 0 Å². The van der Waals surface area contributed by atoms with Gasteiger partial charge in [0.25, 0.3) is 0 Å². The first kappa shape index (κ1) is 16.4. The van der Waals surface area contributed by atoms with E-state index >= 15 is 0 Å². The molecule has 2 atom stereocenters. The highest BCUT2D eigenvalue weighted by Gasteiger charge is 2.30. The fraction of sp³-hybridized carbons (Fsp3) is 0.941. The predicted molar refractivity (Wildman–Crippen MR) is 91.4 cm³/mol. The number of piperidine rings is 1. The largest absolute Gasteiger partial charge is 0.378 e. The zero-order valence-corrected chi connectivity index (χ0v) is 14.6. The molecule has 3 rings (SSSR count). The monoisotopic (exact) mass is 326 g/mol. The smallest absolute Gasteiger partial charge is 0.317 e. The number of likely N-dealkylation sites (tertiary alicyclic amines) is 1. The van der Waals surface area contributed by atoms with Crippen LogP contribution in [0.4, 0.5) is 4.79 Å². The molecule has 2 unspecified atom stereocenters. The molecule has 0 spiro atoms. The van der Waals surface area contributed by atoms with Crippen LogP contribution in [0.2, 0.25) is 0 Å². The lowest BCUT2D eigenvalue weighted by Crippen LogP contribution is -2.48. The van der Waals surface area contributed by atoms with Crippen LogP contribution < -0.4 is 5.32 Å². The highest BCUT2D eigenvalue weighted by atomic mass is 32.2. The van der Waals surface area contributed by atoms with Gasteiger partial charge in [0, 0.05) is 31.0 Å². The lowest BCUT2D eigenvalue weighted by atomic mass is 10.1. The summed E-state index contributed by atoms with van der Waals surface area (Å²) in [6.45, 7) is 4.85. The fourth-order valence-electron chi connectivity index (χ4n) is 3.51. The highest BCUT2D eigenvalue weighted by Crippen LogP contribution is 2.31. The minimum atomic E-state index is 0.146. The number of hydrogen-bond donors (Lipinski definition) is 1. The van der Waals surface area contributed by atoms with Crippen molar-refractivity contribution in [2.75, 3.05) is 25.4 Å². The molecule has 0 aromatic carbocycles. The molecular formula is C17H30N2O2S. The van der Waals surface area contributed by atoms with Gasteiger partial charge in [0.05, 0.1) is 6.10 Å². The molecule has 0 bridgehead atoms. The second-order valence-corrected chi connectivity index (χ2v) is 8.58. The number of carbonyl (C=O) groups is 1. The Morgan fingerprint density at radius 1 is 1.18 bits per heavy atom. The summed E-state index contributed by atoms with van der Waals surface area (Å²) < 4.78 is 5.95. The molecule has 1 heterocycles. The maximum absolute atomic E-state index is 12.4. The Bertz CT molecular complexity index is 368. The van der Waals surface area contributed by atoms with E-state index in [4.69, 9.17) is 4.74 Å². The van der Waals surface area contributed by atoms with Gasteiger partial charge in [-0.05, 0) is 56.6 Å². The number of thioether (sulfide) groups is 1. The molecule has 5 heteroatoms. The zero-order valence-electron chi connectivity index (χ0n) is 13.8. The van der Waals surface area contributed by atoms with Crippen molar-refractivity contribution < 1.29 is 9.53 Å². The van der Waals surface area contributed by atoms with Gasteiger partial charge in [0.1, 0.15) is 0 Å². The summed E-state index contributed by atoms with van der Waals surface area (Å²) in [6, 6.07) is 0.535. The Morgan fingerprint density at radius 3 is 2.64 bits per heavy atom. The minimum absolute atomic E-state index is 0.146. The summed E-state index contributed by atoms with van der Waals surface area (Å²) in [5.74, 6) is 2.01. The van der Waals surface area contributed by atoms with Crippen molar-refractivity contribution in [2.24, 2.45) is 5.92 Å². The first-order valence-corrected chi connectivity index (χ1v) is 10.1. The molecule has 2 aliphatic carbocycles. The topological polar surface area (TPSA) is 41.6 Å². The summed E-state index contributed by atoms with van der Waals surface area (Å²) in [4.78, 5) is 14.4. The Kier molecular flexibility index (Phi) is 5.91. The predicted octanol–water partition coefficient (Wildman–Crippen LogP) is 3.26. The third kappa shape index (κ3) is 4.79. The minimum Gasteiger partial charge on any atom is -0.378 e. The normalized spacial score (nSPS) is 29.8. The number of urea groups is 1. The molecule has 126 valence electrons. The molecule has 1 N–H and O–H groups in total. The van der Waals surface area contributed by atoms with E-state index in [-0.39, 0.29) is 6.03 Å². The summed E-state index contributed by atoms with van der Waals surface area (Å²) in [5.41, 5.74) is 0. The van der Waals surface area contributed by atoms with Crippen LogP contribution in [0.5, 0.6) is 0 Å². The molecule has 4 nitrogen and oxygen atoms in total. The lowest BCUT2D eigenvalue weighted by molar-refractivity contribution is 0.00931. The summed E-state index contributed by atoms with van der Waals surface area (Å²) >= 11 is 2.04. The molecule has 2 amide bonds. The second kappa shape index (κ2) is 7.91. The number of carbonyl (C=O) groups excluding carboxylic acids is 1. The van der Waals surface area contributed by atoms with Crippen molar-refractivity contribution in [3.8, 4) is 0 Å². The average Bonchev–Trinajstić information content (AvgIpc) is 3.26. The number of amides is 2. The summed E-state index contributed by atoms with van der Waals surface area (Å²) in [5, 5.41) is 3.99. The van der Waals surface area contributed by atoms with E-state index in [1.807, 2.05) is 16.7 Å². The average molecular weight is 327 g/mol. The van der Waals surface area contributed by atoms with E-state index in [1.54, 1.807) is 0 Å². The molecule has 0 aromatic heterocycles. The molecule has 0 radical (unpaired) electrons. The number of nitrogens with one attached hydrogen (secondary N) is 1. The van der Waals surface area contributed by atoms with Gasteiger partial charge >= 0.3 is 6.03 Å². The van der Waals surface area contributed by atoms with Gasteiger partial charge in [0.15, 0.2) is 0 Å². The molecule has 3 fully saturated rings. The zero-order chi connectivity index (χ0) is 15.4. The van der Waals surface area contributed by atoms with E-state index < -0.39 is 0 Å². The number of ether oxygens (including phenoxy) is 1. The summed E-state index contributed by atoms with van der Waals surface area (Å²) in [6.07, 6.45) is 8.61. The van der Waals surface area contributed by atoms with Crippen LogP contribution in [0.3, 0.4) is 0 Å². The van der Waals surface area contributed by atoms with E-state index in [9.17, 15) is 4.79 Å². The Labute approximate surface area is 138 Å². The third-order valence-electron chi connectivity index (χ3n) is 5.11. The van der Waals surface area contributed by atoms with E-state index in [1.165, 1.54) is 25.0 Å². The summed E-state index contributed by atoms with van der Waals surface area (Å²) in [7, 11) is 0. The third-order valence-corrected chi connectivity index (χ3v) is 6.34. The lowest BCUT2D eigenvalue weighted by Gasteiger charge is -2.32. The Hall–Kier alpha value is -0.420.